The average molecular weight is 350 g/mol. The first-order valence-corrected chi connectivity index (χ1v) is 9.11. The summed E-state index contributed by atoms with van der Waals surface area (Å²) in [5.74, 6) is -1.34. The molecule has 2 atom stereocenters. The van der Waals surface area contributed by atoms with Gasteiger partial charge in [-0.2, -0.15) is 13.1 Å². The number of nitrogens with one attached hydrogen (secondary N) is 3. The van der Waals surface area contributed by atoms with E-state index in [0.29, 0.717) is 13.0 Å². The number of urea groups is 1. The van der Waals surface area contributed by atoms with E-state index in [4.69, 9.17) is 5.11 Å². The first-order chi connectivity index (χ1) is 10.6. The normalized spacial score (nSPS) is 22.2. The number of piperidine rings is 1. The lowest BCUT2D eigenvalue weighted by atomic mass is 9.91. The Hall–Kier alpha value is -1.39. The first kappa shape index (κ1) is 19.7. The summed E-state index contributed by atoms with van der Waals surface area (Å²) in [6.45, 7) is 6.16. The Bertz CT molecular complexity index is 522. The Labute approximate surface area is 137 Å². The predicted molar refractivity (Wildman–Crippen MR) is 85.1 cm³/mol. The third-order valence-electron chi connectivity index (χ3n) is 3.38. The lowest BCUT2D eigenvalue weighted by Gasteiger charge is -2.34. The van der Waals surface area contributed by atoms with Crippen molar-refractivity contribution >= 4 is 22.2 Å². The molecule has 23 heavy (non-hydrogen) atoms. The zero-order valence-corrected chi connectivity index (χ0v) is 14.5. The Kier molecular flexibility index (Phi) is 7.23. The van der Waals surface area contributed by atoms with Crippen LogP contribution in [0.15, 0.2) is 0 Å². The van der Waals surface area contributed by atoms with Gasteiger partial charge in [-0.1, -0.05) is 6.92 Å². The molecule has 1 heterocycles. The fourth-order valence-electron chi connectivity index (χ4n) is 2.51. The molecule has 0 radical (unpaired) electrons. The van der Waals surface area contributed by atoms with Crippen molar-refractivity contribution < 1.29 is 23.1 Å². The number of carbonyl (C=O) groups excluding carboxylic acids is 1. The van der Waals surface area contributed by atoms with Gasteiger partial charge in [0, 0.05) is 32.2 Å². The highest BCUT2D eigenvalue weighted by molar-refractivity contribution is 7.87. The van der Waals surface area contributed by atoms with E-state index in [9.17, 15) is 18.0 Å². The molecular formula is C13H26N4O5S. The van der Waals surface area contributed by atoms with Crippen LogP contribution in [0.2, 0.25) is 0 Å². The molecule has 9 nitrogen and oxygen atoms in total. The summed E-state index contributed by atoms with van der Waals surface area (Å²) in [5, 5.41) is 11.7. The van der Waals surface area contributed by atoms with E-state index in [1.807, 2.05) is 6.92 Å². The summed E-state index contributed by atoms with van der Waals surface area (Å²) in [6.07, 6.45) is 0.555. The molecule has 1 rings (SSSR count). The number of hydrogen-bond acceptors (Lipinski definition) is 4. The summed E-state index contributed by atoms with van der Waals surface area (Å²) in [4.78, 5) is 24.6. The second-order valence-corrected chi connectivity index (χ2v) is 7.71. The Morgan fingerprint density at radius 3 is 2.48 bits per heavy atom. The largest absolute Gasteiger partial charge is 0.481 e. The second-order valence-electron chi connectivity index (χ2n) is 6.18. The van der Waals surface area contributed by atoms with Crippen molar-refractivity contribution in [3.8, 4) is 0 Å². The minimum absolute atomic E-state index is 0.0551. The standard InChI is InChI=1S/C13H26N4O5S/c1-9(2)16-23(21,22)15-5-4-14-13(20)17-7-10(3)6-11(8-17)12(18)19/h9-11,15-16H,4-8H2,1-3H3,(H,14,20)(H,18,19). The molecule has 134 valence electrons. The second kappa shape index (κ2) is 8.46. The SMILES string of the molecule is CC1CC(C(=O)O)CN(C(=O)NCCNS(=O)(=O)NC(C)C)C1. The van der Waals surface area contributed by atoms with Gasteiger partial charge in [0.1, 0.15) is 0 Å². The van der Waals surface area contributed by atoms with Gasteiger partial charge in [-0.25, -0.2) is 9.52 Å². The molecule has 4 N–H and O–H groups in total. The number of aliphatic carboxylic acids is 1. The number of amides is 2. The van der Waals surface area contributed by atoms with Crippen LogP contribution < -0.4 is 14.8 Å². The Morgan fingerprint density at radius 1 is 1.26 bits per heavy atom. The lowest BCUT2D eigenvalue weighted by Crippen LogP contribution is -2.51. The van der Waals surface area contributed by atoms with Gasteiger partial charge in [0.2, 0.25) is 0 Å². The molecule has 1 aliphatic rings. The van der Waals surface area contributed by atoms with Crippen LogP contribution >= 0.6 is 0 Å². The van der Waals surface area contributed by atoms with Crippen molar-refractivity contribution in [2.45, 2.75) is 33.2 Å². The highest BCUT2D eigenvalue weighted by atomic mass is 32.2. The molecule has 0 aromatic carbocycles. The van der Waals surface area contributed by atoms with E-state index >= 15 is 0 Å². The van der Waals surface area contributed by atoms with Gasteiger partial charge in [0.05, 0.1) is 5.92 Å². The number of hydrogen-bond donors (Lipinski definition) is 4. The molecule has 0 spiro atoms. The zero-order valence-electron chi connectivity index (χ0n) is 13.7. The van der Waals surface area contributed by atoms with Gasteiger partial charge in [0.15, 0.2) is 0 Å². The fourth-order valence-corrected chi connectivity index (χ4v) is 3.59. The van der Waals surface area contributed by atoms with Crippen molar-refractivity contribution in [2.75, 3.05) is 26.2 Å². The molecule has 1 aliphatic heterocycles. The molecular weight excluding hydrogens is 324 g/mol. The molecule has 0 aromatic heterocycles. The van der Waals surface area contributed by atoms with Gasteiger partial charge in [-0.05, 0) is 26.2 Å². The lowest BCUT2D eigenvalue weighted by molar-refractivity contribution is -0.143. The van der Waals surface area contributed by atoms with E-state index in [1.54, 1.807) is 13.8 Å². The van der Waals surface area contributed by atoms with Crippen molar-refractivity contribution in [3.63, 3.8) is 0 Å². The van der Waals surface area contributed by atoms with Crippen molar-refractivity contribution in [2.24, 2.45) is 11.8 Å². The summed E-state index contributed by atoms with van der Waals surface area (Å²) in [6, 6.07) is -0.594. The predicted octanol–water partition coefficient (Wildman–Crippen LogP) is -0.429. The van der Waals surface area contributed by atoms with Gasteiger partial charge in [0.25, 0.3) is 10.2 Å². The first-order valence-electron chi connectivity index (χ1n) is 7.63. The Balaban J connectivity index is 2.37. The average Bonchev–Trinajstić information content (AvgIpc) is 2.41. The van der Waals surface area contributed by atoms with Crippen LogP contribution in [0, 0.1) is 11.8 Å². The molecule has 10 heteroatoms. The van der Waals surface area contributed by atoms with Gasteiger partial charge < -0.3 is 15.3 Å². The monoisotopic (exact) mass is 350 g/mol. The summed E-state index contributed by atoms with van der Waals surface area (Å²) < 4.78 is 27.8. The minimum Gasteiger partial charge on any atom is -0.481 e. The molecule has 0 bridgehead atoms. The van der Waals surface area contributed by atoms with E-state index in [2.05, 4.69) is 14.8 Å². The summed E-state index contributed by atoms with van der Waals surface area (Å²) in [7, 11) is -3.58. The number of carbonyl (C=O) groups is 2. The van der Waals surface area contributed by atoms with Crippen molar-refractivity contribution in [1.29, 1.82) is 0 Å². The molecule has 1 saturated heterocycles. The minimum atomic E-state index is -3.58. The van der Waals surface area contributed by atoms with Gasteiger partial charge in [-0.3, -0.25) is 4.79 Å². The topological polar surface area (TPSA) is 128 Å². The van der Waals surface area contributed by atoms with Crippen molar-refractivity contribution in [3.05, 3.63) is 0 Å². The third-order valence-corrected chi connectivity index (χ3v) is 4.75. The van der Waals surface area contributed by atoms with Crippen LogP contribution in [-0.2, 0) is 15.0 Å². The highest BCUT2D eigenvalue weighted by Crippen LogP contribution is 2.21. The number of nitrogens with zero attached hydrogens (tertiary/aromatic N) is 1. The maximum Gasteiger partial charge on any atom is 0.317 e. The van der Waals surface area contributed by atoms with E-state index in [-0.39, 0.29) is 37.6 Å². The molecule has 2 unspecified atom stereocenters. The molecule has 0 saturated carbocycles. The molecule has 2 amide bonds. The number of likely N-dealkylation sites (tertiary alicyclic amines) is 1. The molecule has 0 aromatic rings. The van der Waals surface area contributed by atoms with Crippen LogP contribution in [0.5, 0.6) is 0 Å². The zero-order chi connectivity index (χ0) is 17.6. The summed E-state index contributed by atoms with van der Waals surface area (Å²) in [5.41, 5.74) is 0. The molecule has 0 aliphatic carbocycles. The van der Waals surface area contributed by atoms with E-state index in [1.165, 1.54) is 4.90 Å². The number of carboxylic acids is 1. The van der Waals surface area contributed by atoms with Crippen LogP contribution in [0.25, 0.3) is 0 Å². The maximum atomic E-state index is 12.0. The number of rotatable bonds is 7. The van der Waals surface area contributed by atoms with Gasteiger partial charge >= 0.3 is 12.0 Å². The quantitative estimate of drug-likeness (QED) is 0.463. The maximum absolute atomic E-state index is 12.0. The third kappa shape index (κ3) is 7.14. The van der Waals surface area contributed by atoms with E-state index in [0.717, 1.165) is 0 Å². The summed E-state index contributed by atoms with van der Waals surface area (Å²) >= 11 is 0. The van der Waals surface area contributed by atoms with Crippen LogP contribution in [0.3, 0.4) is 0 Å². The Morgan fingerprint density at radius 2 is 1.91 bits per heavy atom. The van der Waals surface area contributed by atoms with Crippen LogP contribution in [0.4, 0.5) is 4.79 Å². The number of carboxylic acid groups (broad SMARTS) is 1. The molecule has 1 fully saturated rings. The van der Waals surface area contributed by atoms with E-state index < -0.39 is 22.1 Å². The van der Waals surface area contributed by atoms with Gasteiger partial charge in [-0.15, -0.1) is 0 Å². The van der Waals surface area contributed by atoms with Crippen molar-refractivity contribution in [1.82, 2.24) is 19.7 Å². The fraction of sp³-hybridized carbons (Fsp3) is 0.846. The van der Waals surface area contributed by atoms with Crippen LogP contribution in [-0.4, -0.2) is 62.6 Å². The highest BCUT2D eigenvalue weighted by Gasteiger charge is 2.31. The van der Waals surface area contributed by atoms with Crippen LogP contribution in [0.1, 0.15) is 27.2 Å². The smallest absolute Gasteiger partial charge is 0.317 e.